The highest BCUT2D eigenvalue weighted by Gasteiger charge is 2.18. The van der Waals surface area contributed by atoms with Crippen molar-refractivity contribution >= 4 is 11.9 Å². The van der Waals surface area contributed by atoms with Crippen LogP contribution in [-0.2, 0) is 9.59 Å². The summed E-state index contributed by atoms with van der Waals surface area (Å²) in [6.45, 7) is 14.5. The van der Waals surface area contributed by atoms with Gasteiger partial charge in [0.15, 0.2) is 6.29 Å². The van der Waals surface area contributed by atoms with Crippen LogP contribution in [0.3, 0.4) is 0 Å². The second-order valence-electron chi connectivity index (χ2n) is 4.91. The third kappa shape index (κ3) is 22.1. The van der Waals surface area contributed by atoms with Gasteiger partial charge in [0.05, 0.1) is 0 Å². The van der Waals surface area contributed by atoms with Gasteiger partial charge in [-0.25, -0.2) is 9.59 Å². The monoisotopic (exact) mass is 276 g/mol. The molecule has 0 fully saturated rings. The van der Waals surface area contributed by atoms with Gasteiger partial charge in [0.2, 0.25) is 0 Å². The fourth-order valence-corrected chi connectivity index (χ4v) is 0. The molecule has 0 aliphatic heterocycles. The quantitative estimate of drug-likeness (QED) is 0.450. The molecule has 0 amide bonds. The highest BCUT2D eigenvalue weighted by atomic mass is 16.5. The number of hydrogen-bond donors (Lipinski definition) is 4. The molecule has 0 aliphatic rings. The highest BCUT2D eigenvalue weighted by Crippen LogP contribution is 2.15. The molecule has 6 nitrogen and oxygen atoms in total. The zero-order valence-electron chi connectivity index (χ0n) is 12.1. The summed E-state index contributed by atoms with van der Waals surface area (Å²) in [6.07, 6.45) is -1.20. The second kappa shape index (κ2) is 10.3. The summed E-state index contributed by atoms with van der Waals surface area (Å²) < 4.78 is 0. The SMILES string of the molecule is C=C(C)C(=O)O.C=C(C)C(=O)O.CC(C)(C)C(O)O. The first-order valence-electron chi connectivity index (χ1n) is 5.37. The van der Waals surface area contributed by atoms with Crippen LogP contribution in [0.2, 0.25) is 0 Å². The minimum Gasteiger partial charge on any atom is -0.478 e. The second-order valence-corrected chi connectivity index (χ2v) is 4.91. The van der Waals surface area contributed by atoms with Gasteiger partial charge < -0.3 is 20.4 Å². The van der Waals surface area contributed by atoms with E-state index in [0.29, 0.717) is 0 Å². The smallest absolute Gasteiger partial charge is 0.330 e. The van der Waals surface area contributed by atoms with Gasteiger partial charge in [-0.2, -0.15) is 0 Å². The van der Waals surface area contributed by atoms with Crippen LogP contribution in [0, 0.1) is 5.41 Å². The van der Waals surface area contributed by atoms with Crippen molar-refractivity contribution in [2.24, 2.45) is 5.41 Å². The molecular weight excluding hydrogens is 252 g/mol. The minimum atomic E-state index is -1.20. The van der Waals surface area contributed by atoms with Gasteiger partial charge in [0.25, 0.3) is 0 Å². The van der Waals surface area contributed by atoms with E-state index in [1.54, 1.807) is 20.8 Å². The molecule has 0 rings (SSSR count). The number of aliphatic hydroxyl groups is 2. The summed E-state index contributed by atoms with van der Waals surface area (Å²) in [5.74, 6) is -1.87. The third-order valence-corrected chi connectivity index (χ3v) is 1.50. The normalized spacial score (nSPS) is 9.47. The number of hydrogen-bond acceptors (Lipinski definition) is 4. The van der Waals surface area contributed by atoms with Crippen LogP contribution in [0.4, 0.5) is 0 Å². The van der Waals surface area contributed by atoms with Crippen molar-refractivity contribution in [1.82, 2.24) is 0 Å². The molecule has 0 saturated heterocycles. The van der Waals surface area contributed by atoms with Crippen molar-refractivity contribution in [1.29, 1.82) is 0 Å². The summed E-state index contributed by atoms with van der Waals surface area (Å²) >= 11 is 0. The Bertz CT molecular complexity index is 275. The Balaban J connectivity index is -0.000000203. The molecular formula is C13H24O6. The molecule has 0 radical (unpaired) electrons. The van der Waals surface area contributed by atoms with Crippen LogP contribution in [0.1, 0.15) is 34.6 Å². The van der Waals surface area contributed by atoms with Gasteiger partial charge in [-0.1, -0.05) is 33.9 Å². The van der Waals surface area contributed by atoms with Gasteiger partial charge in [0.1, 0.15) is 0 Å². The standard InChI is InChI=1S/C5H12O2.2C4H6O2/c1-5(2,3)4(6)7;2*1-3(2)4(5)6/h4,6-7H,1-3H3;2*1H2,2H3,(H,5,6). The summed E-state index contributed by atoms with van der Waals surface area (Å²) in [5.41, 5.74) is -0.0370. The van der Waals surface area contributed by atoms with Gasteiger partial charge in [-0.15, -0.1) is 0 Å². The Hall–Kier alpha value is -1.66. The molecule has 0 aromatic carbocycles. The average molecular weight is 276 g/mol. The number of carbonyl (C=O) groups is 2. The van der Waals surface area contributed by atoms with E-state index in [4.69, 9.17) is 20.4 Å². The Morgan fingerprint density at radius 1 is 0.895 bits per heavy atom. The molecule has 0 aromatic rings. The number of carboxylic acid groups (broad SMARTS) is 2. The van der Waals surface area contributed by atoms with Crippen molar-refractivity contribution < 1.29 is 30.0 Å². The molecule has 0 spiro atoms. The molecule has 0 bridgehead atoms. The molecule has 0 aromatic heterocycles. The first-order valence-corrected chi connectivity index (χ1v) is 5.37. The lowest BCUT2D eigenvalue weighted by Gasteiger charge is -2.19. The van der Waals surface area contributed by atoms with Crippen LogP contribution in [-0.4, -0.2) is 38.7 Å². The van der Waals surface area contributed by atoms with Crippen molar-refractivity contribution in [3.8, 4) is 0 Å². The molecule has 0 unspecified atom stereocenters. The maximum atomic E-state index is 9.60. The van der Waals surface area contributed by atoms with E-state index in [1.807, 2.05) is 0 Å². The van der Waals surface area contributed by atoms with Gasteiger partial charge >= 0.3 is 11.9 Å². The Labute approximate surface area is 113 Å². The van der Waals surface area contributed by atoms with Crippen LogP contribution in [0.15, 0.2) is 24.3 Å². The number of rotatable bonds is 2. The molecule has 112 valence electrons. The van der Waals surface area contributed by atoms with E-state index >= 15 is 0 Å². The average Bonchev–Trinajstić information content (AvgIpc) is 2.17. The van der Waals surface area contributed by atoms with Crippen molar-refractivity contribution in [3.63, 3.8) is 0 Å². The van der Waals surface area contributed by atoms with Gasteiger partial charge in [-0.3, -0.25) is 0 Å². The zero-order valence-corrected chi connectivity index (χ0v) is 12.1. The third-order valence-electron chi connectivity index (χ3n) is 1.50. The van der Waals surface area contributed by atoms with E-state index in [2.05, 4.69) is 13.2 Å². The van der Waals surface area contributed by atoms with Crippen molar-refractivity contribution in [2.45, 2.75) is 40.9 Å². The molecule has 0 atom stereocenters. The Morgan fingerprint density at radius 2 is 1.00 bits per heavy atom. The maximum absolute atomic E-state index is 9.60. The van der Waals surface area contributed by atoms with Crippen LogP contribution in [0.25, 0.3) is 0 Å². The summed E-state index contributed by atoms with van der Waals surface area (Å²) in [7, 11) is 0. The van der Waals surface area contributed by atoms with Gasteiger partial charge in [-0.05, 0) is 13.8 Å². The Kier molecular flexibility index (Phi) is 12.2. The zero-order chi connectivity index (χ0) is 16.4. The van der Waals surface area contributed by atoms with Crippen LogP contribution in [0.5, 0.6) is 0 Å². The maximum Gasteiger partial charge on any atom is 0.330 e. The lowest BCUT2D eigenvalue weighted by Crippen LogP contribution is -2.24. The molecule has 0 heterocycles. The van der Waals surface area contributed by atoms with E-state index in [9.17, 15) is 9.59 Å². The predicted octanol–water partition coefficient (Wildman–Crippen LogP) is 1.64. The fourth-order valence-electron chi connectivity index (χ4n) is 0. The lowest BCUT2D eigenvalue weighted by atomic mass is 9.96. The summed E-state index contributed by atoms with van der Waals surface area (Å²) in [4.78, 5) is 19.2. The van der Waals surface area contributed by atoms with Crippen LogP contribution < -0.4 is 0 Å². The number of aliphatic hydroxyl groups excluding tert-OH is 1. The molecule has 6 heteroatoms. The molecule has 0 aliphatic carbocycles. The van der Waals surface area contributed by atoms with E-state index in [0.717, 1.165) is 0 Å². The minimum absolute atomic E-state index is 0.176. The molecule has 0 saturated carbocycles. The largest absolute Gasteiger partial charge is 0.478 e. The summed E-state index contributed by atoms with van der Waals surface area (Å²) in [5, 5.41) is 32.7. The first kappa shape index (κ1) is 22.5. The van der Waals surface area contributed by atoms with Crippen molar-refractivity contribution in [3.05, 3.63) is 24.3 Å². The van der Waals surface area contributed by atoms with Crippen LogP contribution >= 0.6 is 0 Å². The van der Waals surface area contributed by atoms with E-state index < -0.39 is 18.2 Å². The first-order chi connectivity index (χ1) is 8.23. The van der Waals surface area contributed by atoms with Gasteiger partial charge in [0, 0.05) is 16.6 Å². The molecule has 19 heavy (non-hydrogen) atoms. The van der Waals surface area contributed by atoms with Crippen molar-refractivity contribution in [2.75, 3.05) is 0 Å². The molecule has 4 N–H and O–H groups in total. The van der Waals surface area contributed by atoms with E-state index in [1.165, 1.54) is 13.8 Å². The topological polar surface area (TPSA) is 115 Å². The Morgan fingerprint density at radius 3 is 1.00 bits per heavy atom. The number of aliphatic carboxylic acids is 2. The van der Waals surface area contributed by atoms with E-state index in [-0.39, 0.29) is 16.6 Å². The lowest BCUT2D eigenvalue weighted by molar-refractivity contribution is -0.133. The summed E-state index contributed by atoms with van der Waals surface area (Å²) in [6, 6.07) is 0. The number of carboxylic acids is 2. The predicted molar refractivity (Wildman–Crippen MR) is 72.6 cm³/mol. The fraction of sp³-hybridized carbons (Fsp3) is 0.538. The highest BCUT2D eigenvalue weighted by molar-refractivity contribution is 5.85.